The molecule has 0 atom stereocenters. The number of hydrogen-bond donors (Lipinski definition) is 2. The van der Waals surface area contributed by atoms with Crippen molar-refractivity contribution in [1.29, 1.82) is 0 Å². The molecule has 1 fully saturated rings. The van der Waals surface area contributed by atoms with E-state index in [0.717, 1.165) is 39.1 Å². The number of carbonyl (C=O) groups excluding carboxylic acids is 1. The molecule has 76 valence electrons. The minimum Gasteiger partial charge on any atom is -0.342 e. The molecule has 13 heavy (non-hydrogen) atoms. The highest BCUT2D eigenvalue weighted by molar-refractivity contribution is 5.74. The topological polar surface area (TPSA) is 58.4 Å². The highest BCUT2D eigenvalue weighted by atomic mass is 16.2. The van der Waals surface area contributed by atoms with Crippen LogP contribution in [0.5, 0.6) is 0 Å². The van der Waals surface area contributed by atoms with Crippen molar-refractivity contribution < 1.29 is 4.79 Å². The second-order valence-corrected chi connectivity index (χ2v) is 3.64. The molecule has 1 rings (SSSR count). The van der Waals surface area contributed by atoms with Crippen LogP contribution in [0.1, 0.15) is 13.3 Å². The van der Waals surface area contributed by atoms with E-state index >= 15 is 0 Å². The molecule has 0 saturated carbocycles. The van der Waals surface area contributed by atoms with Gasteiger partial charge in [0.15, 0.2) is 0 Å². The maximum absolute atomic E-state index is 10.8. The minimum atomic E-state index is 0.193. The summed E-state index contributed by atoms with van der Waals surface area (Å²) >= 11 is 0. The molecule has 0 radical (unpaired) electrons. The van der Waals surface area contributed by atoms with Crippen molar-refractivity contribution in [3.8, 4) is 0 Å². The molecule has 0 aliphatic carbocycles. The first-order chi connectivity index (χ1) is 6.24. The molecule has 0 unspecified atom stereocenters. The fourth-order valence-electron chi connectivity index (χ4n) is 1.49. The van der Waals surface area contributed by atoms with Crippen molar-refractivity contribution in [2.24, 2.45) is 11.7 Å². The Morgan fingerprint density at radius 2 is 2.31 bits per heavy atom. The number of carbonyl (C=O) groups is 1. The fourth-order valence-corrected chi connectivity index (χ4v) is 1.49. The van der Waals surface area contributed by atoms with Crippen LogP contribution in [0.4, 0.5) is 0 Å². The van der Waals surface area contributed by atoms with E-state index < -0.39 is 0 Å². The lowest BCUT2D eigenvalue weighted by Gasteiger charge is -2.38. The molecule has 4 heteroatoms. The number of rotatable bonds is 5. The van der Waals surface area contributed by atoms with E-state index in [4.69, 9.17) is 5.73 Å². The standard InChI is InChI=1S/C9H19N3O/c1-8(13)12-6-9(7-12)5-11-4-2-3-10/h9,11H,2-7,10H2,1H3. The summed E-state index contributed by atoms with van der Waals surface area (Å²) in [7, 11) is 0. The SMILES string of the molecule is CC(=O)N1CC(CNCCCN)C1. The lowest BCUT2D eigenvalue weighted by Crippen LogP contribution is -2.52. The largest absolute Gasteiger partial charge is 0.342 e. The number of nitrogens with two attached hydrogens (primary N) is 1. The van der Waals surface area contributed by atoms with Crippen LogP contribution in [0.15, 0.2) is 0 Å². The maximum atomic E-state index is 10.8. The molecule has 1 heterocycles. The van der Waals surface area contributed by atoms with Crippen LogP contribution in [-0.4, -0.2) is 43.5 Å². The molecule has 0 aromatic carbocycles. The van der Waals surface area contributed by atoms with E-state index in [1.54, 1.807) is 6.92 Å². The van der Waals surface area contributed by atoms with Gasteiger partial charge in [0, 0.05) is 32.5 Å². The summed E-state index contributed by atoms with van der Waals surface area (Å²) in [5.41, 5.74) is 5.36. The van der Waals surface area contributed by atoms with E-state index in [1.807, 2.05) is 4.90 Å². The van der Waals surface area contributed by atoms with Gasteiger partial charge in [0.25, 0.3) is 0 Å². The highest BCUT2D eigenvalue weighted by Crippen LogP contribution is 2.13. The molecule has 1 aliphatic heterocycles. The van der Waals surface area contributed by atoms with Gasteiger partial charge in [-0.1, -0.05) is 0 Å². The molecule has 1 amide bonds. The first kappa shape index (κ1) is 10.5. The molecular weight excluding hydrogens is 166 g/mol. The Morgan fingerprint density at radius 1 is 1.62 bits per heavy atom. The average molecular weight is 185 g/mol. The van der Waals surface area contributed by atoms with Crippen LogP contribution in [0.3, 0.4) is 0 Å². The third-order valence-electron chi connectivity index (χ3n) is 2.39. The number of nitrogens with zero attached hydrogens (tertiary/aromatic N) is 1. The van der Waals surface area contributed by atoms with Crippen LogP contribution in [0, 0.1) is 5.92 Å². The zero-order chi connectivity index (χ0) is 9.68. The Hall–Kier alpha value is -0.610. The summed E-state index contributed by atoms with van der Waals surface area (Å²) in [4.78, 5) is 12.7. The summed E-state index contributed by atoms with van der Waals surface area (Å²) in [5, 5.41) is 3.33. The molecule has 3 N–H and O–H groups in total. The monoisotopic (exact) mass is 185 g/mol. The maximum Gasteiger partial charge on any atom is 0.219 e. The van der Waals surface area contributed by atoms with E-state index in [0.29, 0.717) is 5.92 Å². The quantitative estimate of drug-likeness (QED) is 0.562. The molecule has 0 spiro atoms. The van der Waals surface area contributed by atoms with Gasteiger partial charge in [0.2, 0.25) is 5.91 Å². The van der Waals surface area contributed by atoms with Crippen molar-refractivity contribution >= 4 is 5.91 Å². The van der Waals surface area contributed by atoms with Gasteiger partial charge in [-0.25, -0.2) is 0 Å². The summed E-state index contributed by atoms with van der Waals surface area (Å²) in [6.45, 7) is 6.22. The zero-order valence-corrected chi connectivity index (χ0v) is 8.25. The first-order valence-electron chi connectivity index (χ1n) is 4.90. The van der Waals surface area contributed by atoms with Gasteiger partial charge < -0.3 is 16.0 Å². The average Bonchev–Trinajstić information content (AvgIpc) is 2.00. The Labute approximate surface area is 79.5 Å². The van der Waals surface area contributed by atoms with Gasteiger partial charge in [-0.2, -0.15) is 0 Å². The molecule has 1 aliphatic rings. The molecule has 0 aromatic rings. The smallest absolute Gasteiger partial charge is 0.219 e. The Kier molecular flexibility index (Phi) is 4.18. The molecule has 0 bridgehead atoms. The first-order valence-corrected chi connectivity index (χ1v) is 4.90. The molecule has 1 saturated heterocycles. The zero-order valence-electron chi connectivity index (χ0n) is 8.25. The van der Waals surface area contributed by atoms with E-state index in [-0.39, 0.29) is 5.91 Å². The van der Waals surface area contributed by atoms with Crippen molar-refractivity contribution in [1.82, 2.24) is 10.2 Å². The van der Waals surface area contributed by atoms with Gasteiger partial charge in [-0.05, 0) is 19.5 Å². The normalized spacial score (nSPS) is 17.2. The summed E-state index contributed by atoms with van der Waals surface area (Å²) in [6, 6.07) is 0. The van der Waals surface area contributed by atoms with Gasteiger partial charge in [0.1, 0.15) is 0 Å². The number of amides is 1. The highest BCUT2D eigenvalue weighted by Gasteiger charge is 2.27. The third-order valence-corrected chi connectivity index (χ3v) is 2.39. The summed E-state index contributed by atoms with van der Waals surface area (Å²) < 4.78 is 0. The van der Waals surface area contributed by atoms with Crippen molar-refractivity contribution in [2.75, 3.05) is 32.7 Å². The molecule has 0 aromatic heterocycles. The second-order valence-electron chi connectivity index (χ2n) is 3.64. The number of hydrogen-bond acceptors (Lipinski definition) is 3. The predicted octanol–water partition coefficient (Wildman–Crippen LogP) is -0.597. The van der Waals surface area contributed by atoms with Gasteiger partial charge in [-0.3, -0.25) is 4.79 Å². The lowest BCUT2D eigenvalue weighted by molar-refractivity contribution is -0.134. The van der Waals surface area contributed by atoms with Crippen molar-refractivity contribution in [3.05, 3.63) is 0 Å². The number of likely N-dealkylation sites (tertiary alicyclic amines) is 1. The van der Waals surface area contributed by atoms with Crippen molar-refractivity contribution in [3.63, 3.8) is 0 Å². The Bertz CT molecular complexity index is 166. The van der Waals surface area contributed by atoms with Gasteiger partial charge in [-0.15, -0.1) is 0 Å². The fraction of sp³-hybridized carbons (Fsp3) is 0.889. The summed E-state index contributed by atoms with van der Waals surface area (Å²) in [5.74, 6) is 0.847. The van der Waals surface area contributed by atoms with E-state index in [9.17, 15) is 4.79 Å². The van der Waals surface area contributed by atoms with Crippen LogP contribution in [0.2, 0.25) is 0 Å². The predicted molar refractivity (Wildman–Crippen MR) is 52.3 cm³/mol. The molecule has 4 nitrogen and oxygen atoms in total. The number of nitrogens with one attached hydrogen (secondary N) is 1. The van der Waals surface area contributed by atoms with Crippen LogP contribution < -0.4 is 11.1 Å². The third kappa shape index (κ3) is 3.32. The van der Waals surface area contributed by atoms with Crippen LogP contribution >= 0.6 is 0 Å². The summed E-state index contributed by atoms with van der Waals surface area (Å²) in [6.07, 6.45) is 1.03. The van der Waals surface area contributed by atoms with Crippen LogP contribution in [0.25, 0.3) is 0 Å². The lowest BCUT2D eigenvalue weighted by atomic mass is 10.0. The van der Waals surface area contributed by atoms with Gasteiger partial charge >= 0.3 is 0 Å². The Balaban J connectivity index is 1.93. The van der Waals surface area contributed by atoms with E-state index in [2.05, 4.69) is 5.32 Å². The second kappa shape index (κ2) is 5.19. The van der Waals surface area contributed by atoms with Gasteiger partial charge in [0.05, 0.1) is 0 Å². The Morgan fingerprint density at radius 3 is 2.85 bits per heavy atom. The molecular formula is C9H19N3O. The van der Waals surface area contributed by atoms with Crippen LogP contribution in [-0.2, 0) is 4.79 Å². The minimum absolute atomic E-state index is 0.193. The van der Waals surface area contributed by atoms with E-state index in [1.165, 1.54) is 0 Å². The van der Waals surface area contributed by atoms with Crippen molar-refractivity contribution in [2.45, 2.75) is 13.3 Å².